The highest BCUT2D eigenvalue weighted by molar-refractivity contribution is 6.31. The minimum Gasteiger partial charge on any atom is -0.394 e. The van der Waals surface area contributed by atoms with E-state index in [9.17, 15) is 0 Å². The van der Waals surface area contributed by atoms with Gasteiger partial charge in [0.25, 0.3) is 0 Å². The van der Waals surface area contributed by atoms with Gasteiger partial charge in [-0.25, -0.2) is 0 Å². The maximum absolute atomic E-state index is 9.08. The number of hydrogen-bond donors (Lipinski definition) is 1. The van der Waals surface area contributed by atoms with Crippen molar-refractivity contribution in [3.05, 3.63) is 34.3 Å². The molecule has 0 aliphatic carbocycles. The number of morpholine rings is 1. The van der Waals surface area contributed by atoms with Gasteiger partial charge in [-0.2, -0.15) is 5.26 Å². The molecule has 1 N–H and O–H groups in total. The molecule has 0 radical (unpaired) electrons. The highest BCUT2D eigenvalue weighted by Crippen LogP contribution is 2.20. The molecule has 1 aliphatic rings. The topological polar surface area (TPSA) is 56.5 Å². The Labute approximate surface area is 111 Å². The van der Waals surface area contributed by atoms with Gasteiger partial charge in [-0.15, -0.1) is 0 Å². The lowest BCUT2D eigenvalue weighted by Gasteiger charge is -2.32. The van der Waals surface area contributed by atoms with Crippen molar-refractivity contribution in [1.82, 2.24) is 4.90 Å². The van der Waals surface area contributed by atoms with Crippen LogP contribution in [0, 0.1) is 11.3 Å². The number of ether oxygens (including phenoxy) is 1. The summed E-state index contributed by atoms with van der Waals surface area (Å²) >= 11 is 6.14. The molecule has 1 fully saturated rings. The largest absolute Gasteiger partial charge is 0.394 e. The molecule has 2 rings (SSSR count). The van der Waals surface area contributed by atoms with E-state index in [2.05, 4.69) is 11.0 Å². The van der Waals surface area contributed by atoms with Crippen LogP contribution < -0.4 is 0 Å². The summed E-state index contributed by atoms with van der Waals surface area (Å²) in [5.74, 6) is 0. The third kappa shape index (κ3) is 3.21. The Bertz CT molecular complexity index is 459. The highest BCUT2D eigenvalue weighted by Gasteiger charge is 2.20. The normalized spacial score (nSPS) is 20.6. The van der Waals surface area contributed by atoms with Gasteiger partial charge in [-0.1, -0.05) is 17.7 Å². The molecule has 1 aromatic carbocycles. The predicted molar refractivity (Wildman–Crippen MR) is 68.3 cm³/mol. The van der Waals surface area contributed by atoms with Crippen LogP contribution in [-0.4, -0.2) is 42.4 Å². The first-order valence-electron chi connectivity index (χ1n) is 5.86. The van der Waals surface area contributed by atoms with Crippen LogP contribution in [0.25, 0.3) is 0 Å². The molecule has 0 saturated carbocycles. The van der Waals surface area contributed by atoms with Crippen molar-refractivity contribution in [2.45, 2.75) is 12.6 Å². The molecular weight excluding hydrogens is 252 g/mol. The fourth-order valence-electron chi connectivity index (χ4n) is 2.02. The number of benzene rings is 1. The van der Waals surface area contributed by atoms with Gasteiger partial charge < -0.3 is 9.84 Å². The summed E-state index contributed by atoms with van der Waals surface area (Å²) in [5, 5.41) is 18.5. The Morgan fingerprint density at radius 1 is 1.56 bits per heavy atom. The van der Waals surface area contributed by atoms with Crippen LogP contribution in [-0.2, 0) is 11.3 Å². The van der Waals surface area contributed by atoms with Crippen molar-refractivity contribution in [2.75, 3.05) is 26.3 Å². The monoisotopic (exact) mass is 266 g/mol. The van der Waals surface area contributed by atoms with E-state index in [1.54, 1.807) is 12.1 Å². The number of halogens is 1. The Hall–Kier alpha value is -1.12. The molecule has 0 bridgehead atoms. The minimum atomic E-state index is -0.115. The van der Waals surface area contributed by atoms with E-state index in [1.165, 1.54) is 0 Å². The van der Waals surface area contributed by atoms with Gasteiger partial charge in [0.2, 0.25) is 0 Å². The van der Waals surface area contributed by atoms with Crippen LogP contribution in [0.5, 0.6) is 0 Å². The Morgan fingerprint density at radius 3 is 3.06 bits per heavy atom. The number of rotatable bonds is 3. The van der Waals surface area contributed by atoms with E-state index >= 15 is 0 Å². The van der Waals surface area contributed by atoms with Crippen molar-refractivity contribution >= 4 is 11.6 Å². The van der Waals surface area contributed by atoms with Crippen LogP contribution in [0.2, 0.25) is 5.02 Å². The average Bonchev–Trinajstić information content (AvgIpc) is 2.41. The second-order valence-corrected chi connectivity index (χ2v) is 4.74. The molecule has 0 aromatic heterocycles. The molecule has 1 aromatic rings. The maximum atomic E-state index is 9.08. The van der Waals surface area contributed by atoms with Gasteiger partial charge in [0.1, 0.15) is 0 Å². The molecule has 1 heterocycles. The zero-order chi connectivity index (χ0) is 13.0. The second kappa shape index (κ2) is 6.17. The lowest BCUT2D eigenvalue weighted by atomic mass is 10.1. The Kier molecular flexibility index (Phi) is 4.56. The van der Waals surface area contributed by atoms with Crippen LogP contribution in [0.1, 0.15) is 11.1 Å². The summed E-state index contributed by atoms with van der Waals surface area (Å²) in [4.78, 5) is 2.19. The third-order valence-corrected chi connectivity index (χ3v) is 3.35. The number of aliphatic hydroxyl groups is 1. The van der Waals surface area contributed by atoms with Gasteiger partial charge in [-0.05, 0) is 17.7 Å². The predicted octanol–water partition coefficient (Wildman–Crippen LogP) is 1.40. The van der Waals surface area contributed by atoms with E-state index in [1.807, 2.05) is 6.07 Å². The SMILES string of the molecule is N#Cc1ccc(CN2CCOC(CO)C2)c(Cl)c1. The zero-order valence-corrected chi connectivity index (χ0v) is 10.7. The molecule has 96 valence electrons. The van der Waals surface area contributed by atoms with Crippen molar-refractivity contribution in [3.63, 3.8) is 0 Å². The van der Waals surface area contributed by atoms with E-state index in [0.29, 0.717) is 30.3 Å². The maximum Gasteiger partial charge on any atom is 0.0992 e. The lowest BCUT2D eigenvalue weighted by molar-refractivity contribution is -0.0550. The fourth-order valence-corrected chi connectivity index (χ4v) is 2.26. The van der Waals surface area contributed by atoms with Crippen molar-refractivity contribution in [2.24, 2.45) is 0 Å². The molecule has 0 amide bonds. The lowest BCUT2D eigenvalue weighted by Crippen LogP contribution is -2.43. The molecule has 4 nitrogen and oxygen atoms in total. The molecule has 1 saturated heterocycles. The van der Waals surface area contributed by atoms with Gasteiger partial charge in [0, 0.05) is 24.7 Å². The number of nitrogens with zero attached hydrogens (tertiary/aromatic N) is 2. The molecule has 0 spiro atoms. The first-order chi connectivity index (χ1) is 8.72. The molecule has 18 heavy (non-hydrogen) atoms. The Morgan fingerprint density at radius 2 is 2.39 bits per heavy atom. The number of hydrogen-bond acceptors (Lipinski definition) is 4. The fraction of sp³-hybridized carbons (Fsp3) is 0.462. The Balaban J connectivity index is 2.03. The van der Waals surface area contributed by atoms with E-state index < -0.39 is 0 Å². The second-order valence-electron chi connectivity index (χ2n) is 4.33. The van der Waals surface area contributed by atoms with E-state index in [-0.39, 0.29) is 12.7 Å². The van der Waals surface area contributed by atoms with Gasteiger partial charge in [-0.3, -0.25) is 4.90 Å². The van der Waals surface area contributed by atoms with Gasteiger partial charge in [0.15, 0.2) is 0 Å². The van der Waals surface area contributed by atoms with Crippen LogP contribution in [0.4, 0.5) is 0 Å². The summed E-state index contributed by atoms with van der Waals surface area (Å²) in [6.45, 7) is 2.90. The zero-order valence-electron chi connectivity index (χ0n) is 9.97. The van der Waals surface area contributed by atoms with Gasteiger partial charge in [0.05, 0.1) is 31.0 Å². The smallest absolute Gasteiger partial charge is 0.0992 e. The quantitative estimate of drug-likeness (QED) is 0.899. The molecule has 5 heteroatoms. The molecule has 1 aliphatic heterocycles. The first kappa shape index (κ1) is 13.3. The van der Waals surface area contributed by atoms with Crippen LogP contribution in [0.15, 0.2) is 18.2 Å². The van der Waals surface area contributed by atoms with Crippen molar-refractivity contribution in [3.8, 4) is 6.07 Å². The standard InChI is InChI=1S/C13H15ClN2O2/c14-13-5-10(6-15)1-2-11(13)7-16-3-4-18-12(8-16)9-17/h1-2,5,12,17H,3-4,7-9H2. The van der Waals surface area contributed by atoms with Crippen molar-refractivity contribution in [1.29, 1.82) is 5.26 Å². The highest BCUT2D eigenvalue weighted by atomic mass is 35.5. The molecular formula is C13H15ClN2O2. The van der Waals surface area contributed by atoms with Gasteiger partial charge >= 0.3 is 0 Å². The van der Waals surface area contributed by atoms with Crippen LogP contribution >= 0.6 is 11.6 Å². The van der Waals surface area contributed by atoms with E-state index in [4.69, 9.17) is 26.7 Å². The first-order valence-corrected chi connectivity index (χ1v) is 6.24. The summed E-state index contributed by atoms with van der Waals surface area (Å²) < 4.78 is 5.39. The third-order valence-electron chi connectivity index (χ3n) is 3.00. The number of nitriles is 1. The van der Waals surface area contributed by atoms with Crippen molar-refractivity contribution < 1.29 is 9.84 Å². The average molecular weight is 267 g/mol. The van der Waals surface area contributed by atoms with Crippen LogP contribution in [0.3, 0.4) is 0 Å². The summed E-state index contributed by atoms with van der Waals surface area (Å²) in [5.41, 5.74) is 1.56. The molecule has 1 atom stereocenters. The summed E-state index contributed by atoms with van der Waals surface area (Å²) in [6.07, 6.45) is -0.115. The molecule has 1 unspecified atom stereocenters. The summed E-state index contributed by atoms with van der Waals surface area (Å²) in [7, 11) is 0. The summed E-state index contributed by atoms with van der Waals surface area (Å²) in [6, 6.07) is 7.39. The van der Waals surface area contributed by atoms with E-state index in [0.717, 1.165) is 12.1 Å². The minimum absolute atomic E-state index is 0.0393. The number of aliphatic hydroxyl groups excluding tert-OH is 1.